The van der Waals surface area contributed by atoms with Gasteiger partial charge in [-0.2, -0.15) is 0 Å². The average Bonchev–Trinajstić information content (AvgIpc) is 2.41. The topological polar surface area (TPSA) is 27.7 Å². The highest BCUT2D eigenvalue weighted by Crippen LogP contribution is 2.30. The van der Waals surface area contributed by atoms with Crippen LogP contribution in [0.2, 0.25) is 0 Å². The van der Waals surface area contributed by atoms with E-state index >= 15 is 0 Å². The molecule has 0 N–H and O–H groups in total. The van der Waals surface area contributed by atoms with Gasteiger partial charge < -0.3 is 14.2 Å². The maximum Gasteiger partial charge on any atom is 0.184 e. The summed E-state index contributed by atoms with van der Waals surface area (Å²) in [5.74, 6) is 0.421. The third-order valence-corrected chi connectivity index (χ3v) is 2.59. The van der Waals surface area contributed by atoms with Crippen molar-refractivity contribution in [2.45, 2.75) is 38.8 Å². The first-order chi connectivity index (χ1) is 5.74. The molecule has 0 aliphatic carbocycles. The molecule has 0 radical (unpaired) electrons. The Kier molecular flexibility index (Phi) is 3.50. The molecule has 72 valence electrons. The Balaban J connectivity index is 2.58. The predicted molar refractivity (Wildman–Crippen MR) is 45.9 cm³/mol. The van der Waals surface area contributed by atoms with E-state index < -0.39 is 0 Å². The molecule has 1 unspecified atom stereocenters. The van der Waals surface area contributed by atoms with Crippen LogP contribution in [0.4, 0.5) is 0 Å². The van der Waals surface area contributed by atoms with E-state index in [1.807, 2.05) is 0 Å². The zero-order chi connectivity index (χ0) is 9.14. The van der Waals surface area contributed by atoms with Gasteiger partial charge in [-0.3, -0.25) is 0 Å². The van der Waals surface area contributed by atoms with Gasteiger partial charge in [-0.05, 0) is 6.42 Å². The van der Waals surface area contributed by atoms with Crippen molar-refractivity contribution in [1.29, 1.82) is 0 Å². The van der Waals surface area contributed by atoms with E-state index in [1.165, 1.54) is 0 Å². The molecule has 1 aliphatic rings. The number of methoxy groups -OCH3 is 2. The molecule has 3 heteroatoms. The largest absolute Gasteiger partial charge is 0.376 e. The molecule has 3 nitrogen and oxygen atoms in total. The summed E-state index contributed by atoms with van der Waals surface area (Å²) in [5, 5.41) is 0. The number of hydrogen-bond donors (Lipinski definition) is 0. The first-order valence-electron chi connectivity index (χ1n) is 4.45. The van der Waals surface area contributed by atoms with E-state index in [0.717, 1.165) is 6.42 Å². The monoisotopic (exact) mass is 174 g/mol. The van der Waals surface area contributed by atoms with Gasteiger partial charge in [0, 0.05) is 20.1 Å². The van der Waals surface area contributed by atoms with E-state index in [4.69, 9.17) is 14.2 Å². The predicted octanol–water partition coefficient (Wildman–Crippen LogP) is 1.42. The Morgan fingerprint density at radius 2 is 1.92 bits per heavy atom. The Labute approximate surface area is 74.0 Å². The molecule has 4 atom stereocenters. The summed E-state index contributed by atoms with van der Waals surface area (Å²) in [6, 6.07) is 0. The molecule has 1 saturated heterocycles. The Bertz CT molecular complexity index is 136. The third-order valence-electron chi connectivity index (χ3n) is 2.59. The van der Waals surface area contributed by atoms with E-state index in [2.05, 4.69) is 13.8 Å². The highest BCUT2D eigenvalue weighted by atomic mass is 16.7. The van der Waals surface area contributed by atoms with Crippen LogP contribution in [-0.4, -0.2) is 32.7 Å². The van der Waals surface area contributed by atoms with Crippen LogP contribution in [0.25, 0.3) is 0 Å². The van der Waals surface area contributed by atoms with E-state index in [0.29, 0.717) is 5.92 Å². The van der Waals surface area contributed by atoms with Crippen LogP contribution in [0.3, 0.4) is 0 Å². The molecule has 1 heterocycles. The molecule has 12 heavy (non-hydrogen) atoms. The highest BCUT2D eigenvalue weighted by molar-refractivity contribution is 4.83. The zero-order valence-corrected chi connectivity index (χ0v) is 8.24. The summed E-state index contributed by atoms with van der Waals surface area (Å²) in [6.07, 6.45) is 1.19. The first-order valence-corrected chi connectivity index (χ1v) is 4.45. The van der Waals surface area contributed by atoms with Crippen molar-refractivity contribution in [2.75, 3.05) is 14.2 Å². The molecule has 0 aromatic rings. The SMILES string of the molecule is CC[C@@H]1O[C@@H](OC)[C@H](OC)C1C. The van der Waals surface area contributed by atoms with Gasteiger partial charge in [-0.25, -0.2) is 0 Å². The van der Waals surface area contributed by atoms with E-state index in [9.17, 15) is 0 Å². The first kappa shape index (κ1) is 9.96. The van der Waals surface area contributed by atoms with Crippen LogP contribution < -0.4 is 0 Å². The van der Waals surface area contributed by atoms with E-state index in [1.54, 1.807) is 14.2 Å². The average molecular weight is 174 g/mol. The molecule has 0 saturated carbocycles. The maximum atomic E-state index is 5.63. The van der Waals surface area contributed by atoms with Gasteiger partial charge >= 0.3 is 0 Å². The fourth-order valence-corrected chi connectivity index (χ4v) is 1.82. The Morgan fingerprint density at radius 1 is 1.25 bits per heavy atom. The van der Waals surface area contributed by atoms with Crippen molar-refractivity contribution in [3.8, 4) is 0 Å². The third kappa shape index (κ3) is 1.63. The maximum absolute atomic E-state index is 5.63. The lowest BCUT2D eigenvalue weighted by molar-refractivity contribution is -0.155. The molecule has 1 rings (SSSR count). The second kappa shape index (κ2) is 4.21. The fraction of sp³-hybridized carbons (Fsp3) is 1.00. The molecule has 0 spiro atoms. The molecule has 1 fully saturated rings. The van der Waals surface area contributed by atoms with Gasteiger partial charge in [0.25, 0.3) is 0 Å². The molecular weight excluding hydrogens is 156 g/mol. The van der Waals surface area contributed by atoms with Crippen LogP contribution in [0.15, 0.2) is 0 Å². The molecule has 0 amide bonds. The Hall–Kier alpha value is -0.120. The number of hydrogen-bond acceptors (Lipinski definition) is 3. The number of ether oxygens (including phenoxy) is 3. The summed E-state index contributed by atoms with van der Waals surface area (Å²) in [4.78, 5) is 0. The van der Waals surface area contributed by atoms with Crippen LogP contribution in [0.5, 0.6) is 0 Å². The smallest absolute Gasteiger partial charge is 0.184 e. The van der Waals surface area contributed by atoms with E-state index in [-0.39, 0.29) is 18.5 Å². The summed E-state index contributed by atoms with van der Waals surface area (Å²) in [7, 11) is 3.36. The molecule has 0 aromatic carbocycles. The van der Waals surface area contributed by atoms with Gasteiger partial charge in [-0.1, -0.05) is 13.8 Å². The van der Waals surface area contributed by atoms with Gasteiger partial charge in [0.15, 0.2) is 6.29 Å². The minimum atomic E-state index is -0.185. The van der Waals surface area contributed by atoms with Crippen LogP contribution in [0.1, 0.15) is 20.3 Å². The lowest BCUT2D eigenvalue weighted by Crippen LogP contribution is -2.29. The minimum absolute atomic E-state index is 0.0833. The summed E-state index contributed by atoms with van der Waals surface area (Å²) in [6.45, 7) is 4.26. The molecule has 1 aliphatic heterocycles. The summed E-state index contributed by atoms with van der Waals surface area (Å²) < 4.78 is 16.1. The molecular formula is C9H18O3. The lowest BCUT2D eigenvalue weighted by Gasteiger charge is -2.17. The fourth-order valence-electron chi connectivity index (χ4n) is 1.82. The highest BCUT2D eigenvalue weighted by Gasteiger charge is 2.41. The lowest BCUT2D eigenvalue weighted by atomic mass is 9.99. The van der Waals surface area contributed by atoms with Crippen LogP contribution in [0, 0.1) is 5.92 Å². The summed E-state index contributed by atoms with van der Waals surface area (Å²) >= 11 is 0. The minimum Gasteiger partial charge on any atom is -0.376 e. The van der Waals surface area contributed by atoms with Crippen molar-refractivity contribution in [3.05, 3.63) is 0 Å². The van der Waals surface area contributed by atoms with Gasteiger partial charge in [0.1, 0.15) is 6.10 Å². The van der Waals surface area contributed by atoms with Crippen LogP contribution >= 0.6 is 0 Å². The standard InChI is InChI=1S/C9H18O3/c1-5-7-6(2)8(10-3)9(11-4)12-7/h6-9H,5H2,1-4H3/t6?,7-,8+,9+/m0/s1. The van der Waals surface area contributed by atoms with Crippen molar-refractivity contribution < 1.29 is 14.2 Å². The van der Waals surface area contributed by atoms with Crippen molar-refractivity contribution in [2.24, 2.45) is 5.92 Å². The summed E-state index contributed by atoms with van der Waals surface area (Å²) in [5.41, 5.74) is 0. The quantitative estimate of drug-likeness (QED) is 0.647. The zero-order valence-electron chi connectivity index (χ0n) is 8.24. The van der Waals surface area contributed by atoms with Crippen molar-refractivity contribution in [3.63, 3.8) is 0 Å². The molecule has 0 aromatic heterocycles. The van der Waals surface area contributed by atoms with Gasteiger partial charge in [-0.15, -0.1) is 0 Å². The normalized spacial score (nSPS) is 42.0. The van der Waals surface area contributed by atoms with Crippen molar-refractivity contribution >= 4 is 0 Å². The second-order valence-electron chi connectivity index (χ2n) is 3.25. The van der Waals surface area contributed by atoms with Gasteiger partial charge in [0.2, 0.25) is 0 Å². The van der Waals surface area contributed by atoms with Crippen LogP contribution in [-0.2, 0) is 14.2 Å². The second-order valence-corrected chi connectivity index (χ2v) is 3.25. The molecule has 0 bridgehead atoms. The Morgan fingerprint density at radius 3 is 2.25 bits per heavy atom. The van der Waals surface area contributed by atoms with Gasteiger partial charge in [0.05, 0.1) is 6.10 Å². The van der Waals surface area contributed by atoms with Crippen molar-refractivity contribution in [1.82, 2.24) is 0 Å². The number of rotatable bonds is 3.